The first-order chi connectivity index (χ1) is 15.8. The van der Waals surface area contributed by atoms with Crippen LogP contribution in [0, 0.1) is 13.8 Å². The quantitative estimate of drug-likeness (QED) is 0.493. The van der Waals surface area contributed by atoms with Gasteiger partial charge in [-0.1, -0.05) is 61.0 Å². The Kier molecular flexibility index (Phi) is 7.76. The fraction of sp³-hybridized carbons (Fsp3) is 0.269. The van der Waals surface area contributed by atoms with Gasteiger partial charge in [0.15, 0.2) is 0 Å². The van der Waals surface area contributed by atoms with Gasteiger partial charge in [0.05, 0.1) is 23.7 Å². The lowest BCUT2D eigenvalue weighted by Crippen LogP contribution is -2.42. The number of hydrogen-bond donors (Lipinski definition) is 1. The van der Waals surface area contributed by atoms with Crippen molar-refractivity contribution < 1.29 is 17.9 Å². The molecule has 3 aromatic carbocycles. The van der Waals surface area contributed by atoms with E-state index in [9.17, 15) is 13.2 Å². The third-order valence-electron chi connectivity index (χ3n) is 5.44. The van der Waals surface area contributed by atoms with Crippen LogP contribution >= 0.6 is 0 Å². The summed E-state index contributed by atoms with van der Waals surface area (Å²) < 4.78 is 33.9. The first-order valence-electron chi connectivity index (χ1n) is 10.8. The van der Waals surface area contributed by atoms with Gasteiger partial charge in [-0.05, 0) is 55.7 Å². The third-order valence-corrected chi connectivity index (χ3v) is 7.22. The maximum Gasteiger partial charge on any atom is 0.264 e. The van der Waals surface area contributed by atoms with E-state index in [4.69, 9.17) is 4.74 Å². The predicted octanol–water partition coefficient (Wildman–Crippen LogP) is 4.77. The molecule has 0 unspecified atom stereocenters. The molecule has 0 fully saturated rings. The molecule has 0 aromatic heterocycles. The minimum Gasteiger partial charge on any atom is -0.495 e. The average molecular weight is 467 g/mol. The fourth-order valence-corrected chi connectivity index (χ4v) is 5.03. The van der Waals surface area contributed by atoms with Crippen molar-refractivity contribution in [2.45, 2.75) is 38.1 Å². The molecule has 1 N–H and O–H groups in total. The lowest BCUT2D eigenvalue weighted by Gasteiger charge is -2.27. The van der Waals surface area contributed by atoms with E-state index < -0.39 is 15.9 Å². The van der Waals surface area contributed by atoms with Crippen molar-refractivity contribution in [3.05, 3.63) is 89.5 Å². The van der Waals surface area contributed by atoms with Gasteiger partial charge in [-0.3, -0.25) is 9.10 Å². The van der Waals surface area contributed by atoms with Crippen LogP contribution in [0.2, 0.25) is 0 Å². The zero-order chi connectivity index (χ0) is 24.0. The molecule has 3 aromatic rings. The molecule has 174 valence electrons. The second kappa shape index (κ2) is 10.5. The Balaban J connectivity index is 2.00. The number of methoxy groups -OCH3 is 1. The predicted molar refractivity (Wildman–Crippen MR) is 131 cm³/mol. The molecule has 0 aliphatic rings. The van der Waals surface area contributed by atoms with Crippen molar-refractivity contribution in [3.8, 4) is 5.75 Å². The van der Waals surface area contributed by atoms with Crippen LogP contribution in [0.15, 0.2) is 77.7 Å². The average Bonchev–Trinajstić information content (AvgIpc) is 2.81. The lowest BCUT2D eigenvalue weighted by molar-refractivity contribution is -0.120. The number of aryl methyl sites for hydroxylation is 2. The van der Waals surface area contributed by atoms with Gasteiger partial charge < -0.3 is 10.1 Å². The maximum absolute atomic E-state index is 13.7. The minimum atomic E-state index is -4.03. The number of rotatable bonds is 9. The van der Waals surface area contributed by atoms with E-state index in [1.807, 2.05) is 57.2 Å². The van der Waals surface area contributed by atoms with Gasteiger partial charge in [0.2, 0.25) is 5.91 Å². The molecule has 1 atom stereocenters. The number of anilines is 1. The minimum absolute atomic E-state index is 0.111. The SMILES string of the molecule is CC[C@H](NC(=O)CN(c1cc(C)ccc1OC)S(=O)(=O)c1ccc(C)cc1)c1ccccc1. The van der Waals surface area contributed by atoms with Crippen molar-refractivity contribution in [1.29, 1.82) is 0 Å². The molecular weight excluding hydrogens is 436 g/mol. The summed E-state index contributed by atoms with van der Waals surface area (Å²) in [6, 6.07) is 21.2. The van der Waals surface area contributed by atoms with Gasteiger partial charge in [0, 0.05) is 0 Å². The largest absolute Gasteiger partial charge is 0.495 e. The number of ether oxygens (including phenoxy) is 1. The van der Waals surface area contributed by atoms with E-state index in [2.05, 4.69) is 5.32 Å². The van der Waals surface area contributed by atoms with Crippen LogP contribution in [0.4, 0.5) is 5.69 Å². The molecule has 0 aliphatic carbocycles. The Morgan fingerprint density at radius 2 is 1.61 bits per heavy atom. The van der Waals surface area contributed by atoms with Gasteiger partial charge in [0.25, 0.3) is 10.0 Å². The fourth-order valence-electron chi connectivity index (χ4n) is 3.61. The first kappa shape index (κ1) is 24.3. The van der Waals surface area contributed by atoms with E-state index in [1.165, 1.54) is 7.11 Å². The van der Waals surface area contributed by atoms with Crippen LogP contribution in [0.3, 0.4) is 0 Å². The van der Waals surface area contributed by atoms with Crippen LogP contribution in [0.5, 0.6) is 5.75 Å². The number of nitrogens with zero attached hydrogens (tertiary/aromatic N) is 1. The summed E-state index contributed by atoms with van der Waals surface area (Å²) in [4.78, 5) is 13.2. The van der Waals surface area contributed by atoms with Crippen molar-refractivity contribution in [1.82, 2.24) is 5.32 Å². The van der Waals surface area contributed by atoms with Gasteiger partial charge in [-0.25, -0.2) is 8.42 Å². The standard InChI is InChI=1S/C26H30N2O4S/c1-5-23(21-9-7-6-8-10-21)27-26(29)18-28(24-17-20(3)13-16-25(24)32-4)33(30,31)22-14-11-19(2)12-15-22/h6-17,23H,5,18H2,1-4H3,(H,27,29)/t23-/m0/s1. The van der Waals surface area contributed by atoms with E-state index >= 15 is 0 Å². The molecule has 7 heteroatoms. The van der Waals surface area contributed by atoms with E-state index in [0.29, 0.717) is 17.9 Å². The molecule has 0 bridgehead atoms. The Morgan fingerprint density at radius 3 is 2.21 bits per heavy atom. The summed E-state index contributed by atoms with van der Waals surface area (Å²) in [6.07, 6.45) is 0.675. The molecule has 6 nitrogen and oxygen atoms in total. The van der Waals surface area contributed by atoms with E-state index in [1.54, 1.807) is 36.4 Å². The second-order valence-corrected chi connectivity index (χ2v) is 9.80. The number of sulfonamides is 1. The normalized spacial score (nSPS) is 12.1. The van der Waals surface area contributed by atoms with Crippen molar-refractivity contribution in [2.24, 2.45) is 0 Å². The molecule has 0 spiro atoms. The van der Waals surface area contributed by atoms with E-state index in [-0.39, 0.29) is 17.5 Å². The van der Waals surface area contributed by atoms with Crippen LogP contribution in [-0.4, -0.2) is 28.0 Å². The van der Waals surface area contributed by atoms with Crippen LogP contribution < -0.4 is 14.4 Å². The topological polar surface area (TPSA) is 75.7 Å². The number of benzene rings is 3. The van der Waals surface area contributed by atoms with Gasteiger partial charge in [0.1, 0.15) is 12.3 Å². The Labute approximate surface area is 196 Å². The summed E-state index contributed by atoms with van der Waals surface area (Å²) >= 11 is 0. The zero-order valence-electron chi connectivity index (χ0n) is 19.4. The monoisotopic (exact) mass is 466 g/mol. The Bertz CT molecular complexity index is 1190. The smallest absolute Gasteiger partial charge is 0.264 e. The molecular formula is C26H30N2O4S. The highest BCUT2D eigenvalue weighted by Crippen LogP contribution is 2.33. The number of carbonyl (C=O) groups excluding carboxylic acids is 1. The summed E-state index contributed by atoms with van der Waals surface area (Å²) in [5.41, 5.74) is 3.08. The second-order valence-electron chi connectivity index (χ2n) is 7.94. The molecule has 0 saturated carbocycles. The Morgan fingerprint density at radius 1 is 0.970 bits per heavy atom. The highest BCUT2D eigenvalue weighted by atomic mass is 32.2. The van der Waals surface area contributed by atoms with Crippen LogP contribution in [0.25, 0.3) is 0 Å². The molecule has 1 amide bonds. The van der Waals surface area contributed by atoms with Gasteiger partial charge in [-0.2, -0.15) is 0 Å². The summed E-state index contributed by atoms with van der Waals surface area (Å²) in [7, 11) is -2.55. The lowest BCUT2D eigenvalue weighted by atomic mass is 10.0. The summed E-state index contributed by atoms with van der Waals surface area (Å²) in [6.45, 7) is 5.35. The molecule has 0 radical (unpaired) electrons. The molecule has 33 heavy (non-hydrogen) atoms. The first-order valence-corrected chi connectivity index (χ1v) is 12.3. The van der Waals surface area contributed by atoms with Gasteiger partial charge >= 0.3 is 0 Å². The number of hydrogen-bond acceptors (Lipinski definition) is 4. The number of carbonyl (C=O) groups is 1. The van der Waals surface area contributed by atoms with Crippen LogP contribution in [0.1, 0.15) is 36.1 Å². The van der Waals surface area contributed by atoms with Crippen molar-refractivity contribution in [3.63, 3.8) is 0 Å². The highest BCUT2D eigenvalue weighted by Gasteiger charge is 2.30. The highest BCUT2D eigenvalue weighted by molar-refractivity contribution is 7.92. The zero-order valence-corrected chi connectivity index (χ0v) is 20.2. The third kappa shape index (κ3) is 5.73. The molecule has 0 aliphatic heterocycles. The van der Waals surface area contributed by atoms with Gasteiger partial charge in [-0.15, -0.1) is 0 Å². The number of nitrogens with one attached hydrogen (secondary N) is 1. The summed E-state index contributed by atoms with van der Waals surface area (Å²) in [5, 5.41) is 2.98. The van der Waals surface area contributed by atoms with E-state index in [0.717, 1.165) is 21.0 Å². The maximum atomic E-state index is 13.7. The Hall–Kier alpha value is -3.32. The number of amides is 1. The molecule has 3 rings (SSSR count). The molecule has 0 heterocycles. The summed E-state index contributed by atoms with van der Waals surface area (Å²) in [5.74, 6) is -0.0239. The van der Waals surface area contributed by atoms with Crippen molar-refractivity contribution >= 4 is 21.6 Å². The van der Waals surface area contributed by atoms with Crippen molar-refractivity contribution in [2.75, 3.05) is 18.0 Å². The van der Waals surface area contributed by atoms with Crippen LogP contribution in [-0.2, 0) is 14.8 Å². The molecule has 0 saturated heterocycles.